The Balaban J connectivity index is 2.60. The summed E-state index contributed by atoms with van der Waals surface area (Å²) in [5, 5.41) is 3.21. The van der Waals surface area contributed by atoms with Crippen LogP contribution in [0.25, 0.3) is 0 Å². The topological polar surface area (TPSA) is 30.5 Å². The van der Waals surface area contributed by atoms with Crippen LogP contribution in [-0.4, -0.2) is 20.8 Å². The fraction of sp³-hybridized carbons (Fsp3) is 0.400. The maximum atomic E-state index is 5.62. The average molecular weight is 337 g/mol. The van der Waals surface area contributed by atoms with E-state index in [2.05, 4.69) is 37.2 Å². The summed E-state index contributed by atoms with van der Waals surface area (Å²) in [6, 6.07) is 2.11. The molecule has 1 N–H and O–H groups in total. The number of rotatable bonds is 2. The van der Waals surface area contributed by atoms with Gasteiger partial charge in [-0.2, -0.15) is 0 Å². The Hall–Kier alpha value is -0.260. The van der Waals surface area contributed by atoms with Gasteiger partial charge in [-0.25, -0.2) is 0 Å². The molecule has 1 unspecified atom stereocenters. The van der Waals surface area contributed by atoms with Gasteiger partial charge < -0.3 is 14.8 Å². The minimum atomic E-state index is 0.209. The van der Waals surface area contributed by atoms with Gasteiger partial charge in [0.25, 0.3) is 0 Å². The molecule has 0 bridgehead atoms. The van der Waals surface area contributed by atoms with E-state index in [0.29, 0.717) is 6.61 Å². The maximum Gasteiger partial charge on any atom is 0.139 e. The molecular weight excluding hydrogens is 326 g/mol. The Bertz CT molecular complexity index is 395. The zero-order valence-corrected chi connectivity index (χ0v) is 11.6. The SMILES string of the molecule is CNC1COc2c(Br)cc(OC)c(Br)c21. The van der Waals surface area contributed by atoms with Crippen LogP contribution in [0, 0.1) is 0 Å². The molecule has 0 aromatic heterocycles. The number of hydrogen-bond acceptors (Lipinski definition) is 3. The summed E-state index contributed by atoms with van der Waals surface area (Å²) in [5.74, 6) is 1.70. The van der Waals surface area contributed by atoms with E-state index in [1.165, 1.54) is 0 Å². The molecule has 0 saturated carbocycles. The van der Waals surface area contributed by atoms with Crippen molar-refractivity contribution in [3.8, 4) is 11.5 Å². The second kappa shape index (κ2) is 4.31. The van der Waals surface area contributed by atoms with Crippen LogP contribution >= 0.6 is 31.9 Å². The lowest BCUT2D eigenvalue weighted by atomic mass is 10.1. The first-order valence-electron chi connectivity index (χ1n) is 4.55. The zero-order chi connectivity index (χ0) is 11.0. The van der Waals surface area contributed by atoms with Gasteiger partial charge in [0.15, 0.2) is 0 Å². The second-order valence-corrected chi connectivity index (χ2v) is 4.92. The van der Waals surface area contributed by atoms with Gasteiger partial charge >= 0.3 is 0 Å². The highest BCUT2D eigenvalue weighted by atomic mass is 79.9. The molecule has 0 aliphatic carbocycles. The molecule has 1 aromatic carbocycles. The van der Waals surface area contributed by atoms with E-state index < -0.39 is 0 Å². The summed E-state index contributed by atoms with van der Waals surface area (Å²) < 4.78 is 12.8. The van der Waals surface area contributed by atoms with Gasteiger partial charge in [0.05, 0.1) is 22.1 Å². The van der Waals surface area contributed by atoms with Crippen molar-refractivity contribution in [1.82, 2.24) is 5.32 Å². The zero-order valence-electron chi connectivity index (χ0n) is 8.43. The Labute approximate surface area is 105 Å². The van der Waals surface area contributed by atoms with Gasteiger partial charge in [-0.1, -0.05) is 0 Å². The number of benzene rings is 1. The number of fused-ring (bicyclic) bond motifs is 1. The number of ether oxygens (including phenoxy) is 2. The summed E-state index contributed by atoms with van der Waals surface area (Å²) in [4.78, 5) is 0. The van der Waals surface area contributed by atoms with E-state index >= 15 is 0 Å². The fourth-order valence-corrected chi connectivity index (χ4v) is 2.96. The summed E-state index contributed by atoms with van der Waals surface area (Å²) in [7, 11) is 3.58. The third-order valence-electron chi connectivity index (χ3n) is 2.48. The molecule has 1 aliphatic rings. The largest absolute Gasteiger partial charge is 0.496 e. The highest BCUT2D eigenvalue weighted by Gasteiger charge is 2.29. The molecule has 15 heavy (non-hydrogen) atoms. The summed E-state index contributed by atoms with van der Waals surface area (Å²) >= 11 is 7.02. The molecule has 0 saturated heterocycles. The normalized spacial score (nSPS) is 18.5. The average Bonchev–Trinajstić information content (AvgIpc) is 2.67. The lowest BCUT2D eigenvalue weighted by Gasteiger charge is -2.12. The first-order chi connectivity index (χ1) is 7.19. The quantitative estimate of drug-likeness (QED) is 0.900. The third-order valence-corrected chi connectivity index (χ3v) is 3.89. The van der Waals surface area contributed by atoms with Crippen LogP contribution in [0.15, 0.2) is 15.0 Å². The molecule has 3 nitrogen and oxygen atoms in total. The maximum absolute atomic E-state index is 5.62. The molecular formula is C10H11Br2NO2. The first-order valence-corrected chi connectivity index (χ1v) is 6.13. The minimum absolute atomic E-state index is 0.209. The van der Waals surface area contributed by atoms with E-state index in [1.807, 2.05) is 13.1 Å². The number of likely N-dealkylation sites (N-methyl/N-ethyl adjacent to an activating group) is 1. The highest BCUT2D eigenvalue weighted by molar-refractivity contribution is 9.11. The van der Waals surface area contributed by atoms with Crippen molar-refractivity contribution >= 4 is 31.9 Å². The molecule has 0 spiro atoms. The number of halogens is 2. The van der Waals surface area contributed by atoms with Gasteiger partial charge in [0.1, 0.15) is 18.1 Å². The molecule has 1 atom stereocenters. The molecule has 2 rings (SSSR count). The lowest BCUT2D eigenvalue weighted by molar-refractivity contribution is 0.317. The van der Waals surface area contributed by atoms with Gasteiger partial charge in [-0.15, -0.1) is 0 Å². The minimum Gasteiger partial charge on any atom is -0.496 e. The van der Waals surface area contributed by atoms with Crippen molar-refractivity contribution in [3.63, 3.8) is 0 Å². The number of nitrogens with one attached hydrogen (secondary N) is 1. The lowest BCUT2D eigenvalue weighted by Crippen LogP contribution is -2.17. The van der Waals surface area contributed by atoms with Gasteiger partial charge in [0.2, 0.25) is 0 Å². The van der Waals surface area contributed by atoms with E-state index in [1.54, 1.807) is 7.11 Å². The van der Waals surface area contributed by atoms with E-state index in [-0.39, 0.29) is 6.04 Å². The summed E-state index contributed by atoms with van der Waals surface area (Å²) in [6.45, 7) is 0.649. The van der Waals surface area contributed by atoms with Crippen LogP contribution in [-0.2, 0) is 0 Å². The van der Waals surface area contributed by atoms with Crippen LogP contribution < -0.4 is 14.8 Å². The van der Waals surface area contributed by atoms with Gasteiger partial charge in [-0.05, 0) is 45.0 Å². The van der Waals surface area contributed by atoms with Gasteiger partial charge in [-0.3, -0.25) is 0 Å². The predicted octanol–water partition coefficient (Wildman–Crippen LogP) is 2.87. The standard InChI is InChI=1S/C10H11Br2NO2/c1-13-6-4-15-10-5(11)3-7(14-2)9(12)8(6)10/h3,6,13H,4H2,1-2H3. The van der Waals surface area contributed by atoms with Crippen LogP contribution in [0.4, 0.5) is 0 Å². The molecule has 5 heteroatoms. The van der Waals surface area contributed by atoms with E-state index in [9.17, 15) is 0 Å². The number of hydrogen-bond donors (Lipinski definition) is 1. The van der Waals surface area contributed by atoms with E-state index in [4.69, 9.17) is 9.47 Å². The van der Waals surface area contributed by atoms with Crippen LogP contribution in [0.3, 0.4) is 0 Å². The predicted molar refractivity (Wildman–Crippen MR) is 65.7 cm³/mol. The first kappa shape index (κ1) is 11.2. The number of methoxy groups -OCH3 is 1. The molecule has 0 fully saturated rings. The van der Waals surface area contributed by atoms with Crippen LogP contribution in [0.2, 0.25) is 0 Å². The second-order valence-electron chi connectivity index (χ2n) is 3.27. The van der Waals surface area contributed by atoms with Crippen molar-refractivity contribution in [3.05, 3.63) is 20.6 Å². The van der Waals surface area contributed by atoms with Crippen LogP contribution in [0.1, 0.15) is 11.6 Å². The van der Waals surface area contributed by atoms with Crippen molar-refractivity contribution < 1.29 is 9.47 Å². The van der Waals surface area contributed by atoms with Crippen molar-refractivity contribution in [1.29, 1.82) is 0 Å². The monoisotopic (exact) mass is 335 g/mol. The summed E-state index contributed by atoms with van der Waals surface area (Å²) in [5.41, 5.74) is 1.11. The van der Waals surface area contributed by atoms with E-state index in [0.717, 1.165) is 26.0 Å². The Morgan fingerprint density at radius 2 is 2.27 bits per heavy atom. The Kier molecular flexibility index (Phi) is 3.23. The third kappa shape index (κ3) is 1.77. The highest BCUT2D eigenvalue weighted by Crippen LogP contribution is 2.47. The van der Waals surface area contributed by atoms with Crippen molar-refractivity contribution in [2.24, 2.45) is 0 Å². The van der Waals surface area contributed by atoms with Crippen LogP contribution in [0.5, 0.6) is 11.5 Å². The van der Waals surface area contributed by atoms with Gasteiger partial charge in [0, 0.05) is 5.56 Å². The molecule has 1 aromatic rings. The smallest absolute Gasteiger partial charge is 0.139 e. The summed E-state index contributed by atoms with van der Waals surface area (Å²) in [6.07, 6.45) is 0. The molecule has 1 heterocycles. The fourth-order valence-electron chi connectivity index (χ4n) is 1.69. The Morgan fingerprint density at radius 3 is 2.87 bits per heavy atom. The molecule has 0 amide bonds. The Morgan fingerprint density at radius 1 is 1.53 bits per heavy atom. The molecule has 1 aliphatic heterocycles. The van der Waals surface area contributed by atoms with Crippen molar-refractivity contribution in [2.45, 2.75) is 6.04 Å². The van der Waals surface area contributed by atoms with Crippen molar-refractivity contribution in [2.75, 3.05) is 20.8 Å². The molecule has 82 valence electrons. The molecule has 0 radical (unpaired) electrons.